The van der Waals surface area contributed by atoms with E-state index >= 15 is 0 Å². The Kier molecular flexibility index (Phi) is 6.40. The molecule has 0 atom stereocenters. The van der Waals surface area contributed by atoms with Gasteiger partial charge in [0.25, 0.3) is 0 Å². The first-order valence-corrected chi connectivity index (χ1v) is 9.29. The molecule has 0 aliphatic heterocycles. The molecule has 1 aliphatic carbocycles. The molecular weight excluding hydrogens is 330 g/mol. The number of fused-ring (bicyclic) bond motifs is 1. The van der Waals surface area contributed by atoms with Crippen LogP contribution in [0.5, 0.6) is 0 Å². The van der Waals surface area contributed by atoms with E-state index in [4.69, 9.17) is 0 Å². The second-order valence-electron chi connectivity index (χ2n) is 6.52. The van der Waals surface area contributed by atoms with Crippen molar-refractivity contribution in [3.8, 4) is 0 Å². The lowest BCUT2D eigenvalue weighted by Crippen LogP contribution is -2.42. The molecule has 3 N–H and O–H groups in total. The maximum absolute atomic E-state index is 12.1. The van der Waals surface area contributed by atoms with Gasteiger partial charge in [-0.2, -0.15) is 0 Å². The van der Waals surface area contributed by atoms with Crippen LogP contribution in [0.3, 0.4) is 0 Å². The third kappa shape index (κ3) is 4.71. The zero-order valence-electron chi connectivity index (χ0n) is 15.2. The lowest BCUT2D eigenvalue weighted by molar-refractivity contribution is -0.125. The molecule has 2 heterocycles. The van der Waals surface area contributed by atoms with Crippen LogP contribution in [-0.4, -0.2) is 46.6 Å². The van der Waals surface area contributed by atoms with Crippen LogP contribution in [0.1, 0.15) is 37.9 Å². The maximum Gasteiger partial charge on any atom is 0.223 e. The summed E-state index contributed by atoms with van der Waals surface area (Å²) in [5.74, 6) is 1.87. The number of aliphatic imine (C=N–C) groups is 1. The van der Waals surface area contributed by atoms with Gasteiger partial charge in [-0.05, 0) is 25.0 Å². The van der Waals surface area contributed by atoms with E-state index in [9.17, 15) is 4.79 Å². The molecule has 0 spiro atoms. The predicted octanol–water partition coefficient (Wildman–Crippen LogP) is 1.09. The highest BCUT2D eigenvalue weighted by Crippen LogP contribution is 2.23. The zero-order chi connectivity index (χ0) is 18.2. The molecule has 1 amide bonds. The molecule has 1 aliphatic rings. The van der Waals surface area contributed by atoms with Crippen molar-refractivity contribution >= 4 is 17.5 Å². The number of carbonyl (C=O) groups excluding carboxylic acids is 1. The Bertz CT molecular complexity index is 749. The third-order valence-corrected chi connectivity index (χ3v) is 4.71. The van der Waals surface area contributed by atoms with Crippen LogP contribution in [-0.2, 0) is 11.3 Å². The number of pyridine rings is 1. The average Bonchev–Trinajstić information content (AvgIpc) is 3.11. The van der Waals surface area contributed by atoms with Crippen molar-refractivity contribution in [2.24, 2.45) is 10.9 Å². The Morgan fingerprint density at radius 1 is 1.15 bits per heavy atom. The van der Waals surface area contributed by atoms with Crippen molar-refractivity contribution in [3.05, 3.63) is 30.2 Å². The molecule has 0 unspecified atom stereocenters. The van der Waals surface area contributed by atoms with Crippen LogP contribution in [0.2, 0.25) is 0 Å². The monoisotopic (exact) mass is 357 g/mol. The summed E-state index contributed by atoms with van der Waals surface area (Å²) < 4.78 is 1.94. The van der Waals surface area contributed by atoms with E-state index < -0.39 is 0 Å². The fourth-order valence-corrected chi connectivity index (χ4v) is 3.27. The van der Waals surface area contributed by atoms with E-state index in [1.54, 1.807) is 7.05 Å². The number of nitrogens with one attached hydrogen (secondary N) is 3. The molecular formula is C18H27N7O. The average molecular weight is 357 g/mol. The minimum atomic E-state index is 0.185. The molecule has 1 fully saturated rings. The molecule has 2 aromatic rings. The van der Waals surface area contributed by atoms with Crippen LogP contribution in [0.4, 0.5) is 0 Å². The lowest BCUT2D eigenvalue weighted by atomic mass is 9.89. The first-order valence-electron chi connectivity index (χ1n) is 9.29. The summed E-state index contributed by atoms with van der Waals surface area (Å²) >= 11 is 0. The van der Waals surface area contributed by atoms with Crippen LogP contribution >= 0.6 is 0 Å². The van der Waals surface area contributed by atoms with E-state index in [0.717, 1.165) is 24.3 Å². The molecule has 0 aromatic carbocycles. The molecule has 1 saturated carbocycles. The smallest absolute Gasteiger partial charge is 0.223 e. The fourth-order valence-electron chi connectivity index (χ4n) is 3.27. The molecule has 8 nitrogen and oxygen atoms in total. The number of nitrogens with zero attached hydrogens (tertiary/aromatic N) is 4. The molecule has 3 rings (SSSR count). The van der Waals surface area contributed by atoms with Crippen LogP contribution in [0, 0.1) is 5.92 Å². The van der Waals surface area contributed by atoms with Crippen molar-refractivity contribution in [1.29, 1.82) is 0 Å². The third-order valence-electron chi connectivity index (χ3n) is 4.71. The Hall–Kier alpha value is -2.64. The van der Waals surface area contributed by atoms with E-state index in [-0.39, 0.29) is 11.8 Å². The summed E-state index contributed by atoms with van der Waals surface area (Å²) in [6.45, 7) is 1.72. The largest absolute Gasteiger partial charge is 0.355 e. The van der Waals surface area contributed by atoms with Gasteiger partial charge < -0.3 is 16.0 Å². The maximum atomic E-state index is 12.1. The second-order valence-corrected chi connectivity index (χ2v) is 6.52. The summed E-state index contributed by atoms with van der Waals surface area (Å²) in [4.78, 5) is 16.3. The number of carbonyl (C=O) groups is 1. The van der Waals surface area contributed by atoms with Crippen LogP contribution in [0.15, 0.2) is 29.4 Å². The Balaban J connectivity index is 1.39. The van der Waals surface area contributed by atoms with Crippen molar-refractivity contribution in [2.45, 2.75) is 38.6 Å². The molecule has 140 valence electrons. The highest BCUT2D eigenvalue weighted by atomic mass is 16.1. The van der Waals surface area contributed by atoms with Gasteiger partial charge >= 0.3 is 0 Å². The van der Waals surface area contributed by atoms with Gasteiger partial charge in [0.1, 0.15) is 0 Å². The molecule has 0 saturated heterocycles. The fraction of sp³-hybridized carbons (Fsp3) is 0.556. The number of hydrogen-bond donors (Lipinski definition) is 3. The Morgan fingerprint density at radius 3 is 2.77 bits per heavy atom. The first-order chi connectivity index (χ1) is 12.8. The number of guanidine groups is 1. The van der Waals surface area contributed by atoms with Crippen LogP contribution in [0.25, 0.3) is 5.65 Å². The van der Waals surface area contributed by atoms with E-state index in [1.807, 2.05) is 28.8 Å². The van der Waals surface area contributed by atoms with Gasteiger partial charge in [-0.15, -0.1) is 10.2 Å². The molecule has 2 aromatic heterocycles. The minimum Gasteiger partial charge on any atom is -0.355 e. The van der Waals surface area contributed by atoms with Crippen molar-refractivity contribution in [1.82, 2.24) is 30.5 Å². The highest BCUT2D eigenvalue weighted by Gasteiger charge is 2.20. The molecule has 26 heavy (non-hydrogen) atoms. The first kappa shape index (κ1) is 18.2. The van der Waals surface area contributed by atoms with Gasteiger partial charge in [-0.1, -0.05) is 25.3 Å². The quantitative estimate of drug-likeness (QED) is 0.409. The number of amides is 1. The molecule has 0 radical (unpaired) electrons. The summed E-state index contributed by atoms with van der Waals surface area (Å²) in [6, 6.07) is 5.80. The summed E-state index contributed by atoms with van der Waals surface area (Å²) in [6.07, 6.45) is 7.58. The standard InChI is InChI=1S/C18H27N7O/c1-19-18(21-11-10-20-17(26)14-7-3-2-4-8-14)22-13-16-24-23-15-9-5-6-12-25(15)16/h5-6,9,12,14H,2-4,7-8,10-11,13H2,1H3,(H,20,26)(H2,19,21,22). The van der Waals surface area contributed by atoms with Gasteiger partial charge in [0.15, 0.2) is 17.4 Å². The van der Waals surface area contributed by atoms with Crippen molar-refractivity contribution in [2.75, 3.05) is 20.1 Å². The van der Waals surface area contributed by atoms with Crippen molar-refractivity contribution in [3.63, 3.8) is 0 Å². The van der Waals surface area contributed by atoms with E-state index in [2.05, 4.69) is 31.1 Å². The highest BCUT2D eigenvalue weighted by molar-refractivity contribution is 5.80. The summed E-state index contributed by atoms with van der Waals surface area (Å²) in [5.41, 5.74) is 0.817. The van der Waals surface area contributed by atoms with Gasteiger partial charge in [0.05, 0.1) is 6.54 Å². The normalized spacial score (nSPS) is 15.8. The Labute approximate surface area is 153 Å². The number of hydrogen-bond acceptors (Lipinski definition) is 4. The van der Waals surface area contributed by atoms with Gasteiger partial charge in [-0.25, -0.2) is 0 Å². The summed E-state index contributed by atoms with van der Waals surface area (Å²) in [5, 5.41) is 17.7. The Morgan fingerprint density at radius 2 is 1.96 bits per heavy atom. The summed E-state index contributed by atoms with van der Waals surface area (Å²) in [7, 11) is 1.72. The van der Waals surface area contributed by atoms with Crippen molar-refractivity contribution < 1.29 is 4.79 Å². The zero-order valence-corrected chi connectivity index (χ0v) is 15.2. The topological polar surface area (TPSA) is 95.7 Å². The van der Waals surface area contributed by atoms with Gasteiger partial charge in [0.2, 0.25) is 5.91 Å². The molecule has 8 heteroatoms. The van der Waals surface area contributed by atoms with Gasteiger partial charge in [0, 0.05) is 32.3 Å². The second kappa shape index (κ2) is 9.17. The predicted molar refractivity (Wildman–Crippen MR) is 101 cm³/mol. The SMILES string of the molecule is CN=C(NCCNC(=O)C1CCCCC1)NCc1nnc2ccccn12. The van der Waals surface area contributed by atoms with Gasteiger partial charge in [-0.3, -0.25) is 14.2 Å². The van der Waals surface area contributed by atoms with E-state index in [1.165, 1.54) is 19.3 Å². The van der Waals surface area contributed by atoms with E-state index in [0.29, 0.717) is 25.6 Å². The lowest BCUT2D eigenvalue weighted by Gasteiger charge is -2.20. The minimum absolute atomic E-state index is 0.185. The number of aromatic nitrogens is 3. The number of rotatable bonds is 6. The molecule has 0 bridgehead atoms. The van der Waals surface area contributed by atoms with Crippen LogP contribution < -0.4 is 16.0 Å².